The molecular formula is C21H21FN4O3S. The maximum absolute atomic E-state index is 13.7. The third kappa shape index (κ3) is 3.94. The molecule has 4 N–H and O–H groups in total. The van der Waals surface area contributed by atoms with E-state index in [0.717, 1.165) is 45.9 Å². The van der Waals surface area contributed by atoms with Gasteiger partial charge < -0.3 is 15.2 Å². The Morgan fingerprint density at radius 3 is 2.70 bits per heavy atom. The summed E-state index contributed by atoms with van der Waals surface area (Å²) in [5.74, 6) is -0.799. The first-order valence-corrected chi connectivity index (χ1v) is 10.9. The summed E-state index contributed by atoms with van der Waals surface area (Å²) < 4.78 is 36.7. The smallest absolute Gasteiger partial charge is 0.322 e. The van der Waals surface area contributed by atoms with Gasteiger partial charge in [0.1, 0.15) is 5.82 Å². The standard InChI is InChI=1S/C21H21FN4O3S/c1-13-20(18-4-2-3-5-19(18)24-13)14-6-8-26(9-7-14)21(27)25-16-10-15(22)11-17(12-16)30(23,28)29/h2-6,10-12,24H,7-9H2,1H3,(H,25,27)(H2,23,28,29). The molecule has 0 radical (unpaired) electrons. The first-order chi connectivity index (χ1) is 14.2. The molecule has 0 aliphatic carbocycles. The van der Waals surface area contributed by atoms with Crippen molar-refractivity contribution in [1.29, 1.82) is 0 Å². The number of carbonyl (C=O) groups is 1. The van der Waals surface area contributed by atoms with Crippen LogP contribution >= 0.6 is 0 Å². The molecule has 0 atom stereocenters. The lowest BCUT2D eigenvalue weighted by molar-refractivity contribution is 0.217. The average Bonchev–Trinajstić information content (AvgIpc) is 3.02. The SMILES string of the molecule is Cc1[nH]c2ccccc2c1C1=CCN(C(=O)Nc2cc(F)cc(S(N)(=O)=O)c2)CC1. The fourth-order valence-electron chi connectivity index (χ4n) is 3.77. The van der Waals surface area contributed by atoms with Crippen LogP contribution in [0.4, 0.5) is 14.9 Å². The molecule has 0 bridgehead atoms. The van der Waals surface area contributed by atoms with Crippen molar-refractivity contribution in [2.24, 2.45) is 5.14 Å². The van der Waals surface area contributed by atoms with Crippen LogP contribution in [0, 0.1) is 12.7 Å². The zero-order valence-electron chi connectivity index (χ0n) is 16.3. The lowest BCUT2D eigenvalue weighted by Crippen LogP contribution is -2.38. The number of urea groups is 1. The minimum Gasteiger partial charge on any atom is -0.358 e. The Hall–Kier alpha value is -3.17. The van der Waals surface area contributed by atoms with Crippen molar-refractivity contribution in [2.75, 3.05) is 18.4 Å². The summed E-state index contributed by atoms with van der Waals surface area (Å²) in [5.41, 5.74) is 4.51. The molecule has 0 fully saturated rings. The second-order valence-electron chi connectivity index (χ2n) is 7.25. The number of benzene rings is 2. The number of nitrogens with two attached hydrogens (primary N) is 1. The first-order valence-electron chi connectivity index (χ1n) is 9.38. The van der Waals surface area contributed by atoms with Crippen molar-refractivity contribution in [3.8, 4) is 0 Å². The Bertz CT molecular complexity index is 1280. The number of halogens is 1. The molecule has 0 saturated heterocycles. The lowest BCUT2D eigenvalue weighted by atomic mass is 9.97. The van der Waals surface area contributed by atoms with E-state index < -0.39 is 26.8 Å². The van der Waals surface area contributed by atoms with Gasteiger partial charge in [-0.25, -0.2) is 22.7 Å². The molecule has 0 unspecified atom stereocenters. The number of nitrogens with zero attached hydrogens (tertiary/aromatic N) is 1. The largest absolute Gasteiger partial charge is 0.358 e. The fourth-order valence-corrected chi connectivity index (χ4v) is 4.34. The Morgan fingerprint density at radius 1 is 1.23 bits per heavy atom. The predicted molar refractivity (Wildman–Crippen MR) is 114 cm³/mol. The van der Waals surface area contributed by atoms with Crippen LogP contribution in [0.25, 0.3) is 16.5 Å². The van der Waals surface area contributed by atoms with Crippen molar-refractivity contribution in [1.82, 2.24) is 9.88 Å². The quantitative estimate of drug-likeness (QED) is 0.593. The van der Waals surface area contributed by atoms with Gasteiger partial charge in [-0.05, 0) is 43.2 Å². The van der Waals surface area contributed by atoms with E-state index in [-0.39, 0.29) is 5.69 Å². The van der Waals surface area contributed by atoms with E-state index in [1.54, 1.807) is 4.90 Å². The molecule has 2 aromatic carbocycles. The van der Waals surface area contributed by atoms with Crippen molar-refractivity contribution in [3.63, 3.8) is 0 Å². The van der Waals surface area contributed by atoms with Crippen molar-refractivity contribution >= 4 is 38.2 Å². The van der Waals surface area contributed by atoms with Crippen LogP contribution in [0.3, 0.4) is 0 Å². The van der Waals surface area contributed by atoms with Gasteiger partial charge in [0.05, 0.1) is 4.90 Å². The molecule has 1 aliphatic rings. The van der Waals surface area contributed by atoms with Gasteiger partial charge in [-0.1, -0.05) is 24.3 Å². The third-order valence-corrected chi connectivity index (χ3v) is 6.05. The zero-order valence-corrected chi connectivity index (χ0v) is 17.1. The van der Waals surface area contributed by atoms with Gasteiger partial charge in [-0.15, -0.1) is 0 Å². The highest BCUT2D eigenvalue weighted by Crippen LogP contribution is 2.32. The number of sulfonamides is 1. The van der Waals surface area contributed by atoms with E-state index in [9.17, 15) is 17.6 Å². The van der Waals surface area contributed by atoms with E-state index in [1.807, 2.05) is 31.2 Å². The molecule has 2 amide bonds. The Morgan fingerprint density at radius 2 is 2.00 bits per heavy atom. The molecule has 3 aromatic rings. The molecule has 7 nitrogen and oxygen atoms in total. The number of nitrogens with one attached hydrogen (secondary N) is 2. The number of amides is 2. The molecular weight excluding hydrogens is 407 g/mol. The molecule has 0 spiro atoms. The summed E-state index contributed by atoms with van der Waals surface area (Å²) in [6.07, 6.45) is 2.68. The number of aromatic amines is 1. The van der Waals surface area contributed by atoms with Crippen LogP contribution in [-0.4, -0.2) is 37.4 Å². The monoisotopic (exact) mass is 428 g/mol. The van der Waals surface area contributed by atoms with E-state index in [0.29, 0.717) is 19.5 Å². The zero-order chi connectivity index (χ0) is 21.5. The summed E-state index contributed by atoms with van der Waals surface area (Å²) in [6.45, 7) is 2.90. The Balaban J connectivity index is 1.51. The average molecular weight is 428 g/mol. The maximum Gasteiger partial charge on any atom is 0.322 e. The number of aromatic nitrogens is 1. The Labute approximate surface area is 173 Å². The molecule has 9 heteroatoms. The second kappa shape index (κ2) is 7.58. The minimum absolute atomic E-state index is 0.0336. The number of H-pyrrole nitrogens is 1. The van der Waals surface area contributed by atoms with Crippen molar-refractivity contribution in [3.05, 3.63) is 65.6 Å². The molecule has 156 valence electrons. The van der Waals surface area contributed by atoms with Gasteiger partial charge in [-0.3, -0.25) is 0 Å². The third-order valence-electron chi connectivity index (χ3n) is 5.16. The van der Waals surface area contributed by atoms with E-state index in [1.165, 1.54) is 0 Å². The summed E-state index contributed by atoms with van der Waals surface area (Å²) in [5, 5.41) is 8.75. The predicted octanol–water partition coefficient (Wildman–Crippen LogP) is 3.58. The summed E-state index contributed by atoms with van der Waals surface area (Å²) in [4.78, 5) is 17.2. The number of hydrogen-bond donors (Lipinski definition) is 3. The van der Waals surface area contributed by atoms with Crippen LogP contribution in [0.15, 0.2) is 53.4 Å². The number of carbonyl (C=O) groups excluding carboxylic acids is 1. The van der Waals surface area contributed by atoms with Crippen LogP contribution in [0.1, 0.15) is 17.7 Å². The second-order valence-corrected chi connectivity index (χ2v) is 8.81. The summed E-state index contributed by atoms with van der Waals surface area (Å²) >= 11 is 0. The van der Waals surface area contributed by atoms with E-state index in [2.05, 4.69) is 16.4 Å². The number of primary sulfonamides is 1. The number of anilines is 1. The number of fused-ring (bicyclic) bond motifs is 1. The van der Waals surface area contributed by atoms with Gasteiger partial charge in [0.2, 0.25) is 10.0 Å². The number of para-hydroxylation sites is 1. The fraction of sp³-hybridized carbons (Fsp3) is 0.190. The highest BCUT2D eigenvalue weighted by Gasteiger charge is 2.21. The van der Waals surface area contributed by atoms with E-state index in [4.69, 9.17) is 5.14 Å². The molecule has 30 heavy (non-hydrogen) atoms. The Kier molecular flexibility index (Phi) is 5.08. The number of rotatable bonds is 3. The molecule has 2 heterocycles. The summed E-state index contributed by atoms with van der Waals surface area (Å²) in [6, 6.07) is 10.6. The first kappa shape index (κ1) is 20.1. The van der Waals surface area contributed by atoms with Gasteiger partial charge in [0, 0.05) is 40.9 Å². The molecule has 1 aromatic heterocycles. The van der Waals surface area contributed by atoms with E-state index >= 15 is 0 Å². The number of hydrogen-bond acceptors (Lipinski definition) is 3. The normalized spacial score (nSPS) is 14.6. The maximum atomic E-state index is 13.7. The molecule has 0 saturated carbocycles. The van der Waals surface area contributed by atoms with Crippen LogP contribution in [0.5, 0.6) is 0 Å². The van der Waals surface area contributed by atoms with Gasteiger partial charge >= 0.3 is 6.03 Å². The lowest BCUT2D eigenvalue weighted by Gasteiger charge is -2.27. The topological polar surface area (TPSA) is 108 Å². The van der Waals surface area contributed by atoms with Crippen molar-refractivity contribution in [2.45, 2.75) is 18.2 Å². The highest BCUT2D eigenvalue weighted by atomic mass is 32.2. The summed E-state index contributed by atoms with van der Waals surface area (Å²) in [7, 11) is -4.08. The van der Waals surface area contributed by atoms with Crippen LogP contribution < -0.4 is 10.5 Å². The van der Waals surface area contributed by atoms with Gasteiger partial charge in [0.25, 0.3) is 0 Å². The molecule has 4 rings (SSSR count). The van der Waals surface area contributed by atoms with Crippen molar-refractivity contribution < 1.29 is 17.6 Å². The minimum atomic E-state index is -4.08. The van der Waals surface area contributed by atoms with Gasteiger partial charge in [0.15, 0.2) is 0 Å². The van der Waals surface area contributed by atoms with Crippen LogP contribution in [0.2, 0.25) is 0 Å². The number of aryl methyl sites for hydroxylation is 1. The van der Waals surface area contributed by atoms with Gasteiger partial charge in [-0.2, -0.15) is 0 Å². The van der Waals surface area contributed by atoms with Crippen LogP contribution in [-0.2, 0) is 10.0 Å². The molecule has 1 aliphatic heterocycles. The highest BCUT2D eigenvalue weighted by molar-refractivity contribution is 7.89.